The van der Waals surface area contributed by atoms with Gasteiger partial charge in [-0.15, -0.1) is 0 Å². The van der Waals surface area contributed by atoms with Gasteiger partial charge in [0.05, 0.1) is 11.6 Å². The second-order valence-electron chi connectivity index (χ2n) is 7.66. The number of nitrogens with one attached hydrogen (secondary N) is 1. The molecule has 0 radical (unpaired) electrons. The monoisotopic (exact) mass is 498 g/mol. The summed E-state index contributed by atoms with van der Waals surface area (Å²) in [5.74, 6) is 2.70. The Labute approximate surface area is 201 Å². The van der Waals surface area contributed by atoms with Crippen molar-refractivity contribution in [1.82, 2.24) is 5.32 Å². The van der Waals surface area contributed by atoms with Crippen molar-refractivity contribution < 1.29 is 27.4 Å². The minimum atomic E-state index is -4.62. The predicted molar refractivity (Wildman–Crippen MR) is 129 cm³/mol. The molecule has 2 atom stereocenters. The van der Waals surface area contributed by atoms with E-state index in [9.17, 15) is 22.9 Å². The molecule has 13 heteroatoms. The summed E-state index contributed by atoms with van der Waals surface area (Å²) in [6.45, 7) is 0. The van der Waals surface area contributed by atoms with Gasteiger partial charge in [-0.1, -0.05) is 17.9 Å². The molecule has 0 spiro atoms. The van der Waals surface area contributed by atoms with Gasteiger partial charge in [0, 0.05) is 29.5 Å². The van der Waals surface area contributed by atoms with E-state index in [1.807, 2.05) is 36.1 Å². The van der Waals surface area contributed by atoms with Gasteiger partial charge in [-0.3, -0.25) is 9.35 Å². The number of nitrogens with two attached hydrogens (primary N) is 3. The van der Waals surface area contributed by atoms with Gasteiger partial charge in [0.2, 0.25) is 5.96 Å². The summed E-state index contributed by atoms with van der Waals surface area (Å²) in [5, 5.41) is 10.2. The number of hydrogen-bond donors (Lipinski definition) is 6. The van der Waals surface area contributed by atoms with Crippen molar-refractivity contribution in [3.05, 3.63) is 60.1 Å². The molecule has 1 aliphatic rings. The highest BCUT2D eigenvalue weighted by Gasteiger charge is 2.39. The first-order valence-electron chi connectivity index (χ1n) is 10.1. The lowest BCUT2D eigenvalue weighted by atomic mass is 9.96. The van der Waals surface area contributed by atoms with E-state index < -0.39 is 27.4 Å². The van der Waals surface area contributed by atoms with Crippen LogP contribution in [0.25, 0.3) is 11.1 Å². The first kappa shape index (κ1) is 25.2. The maximum atomic E-state index is 11.6. The van der Waals surface area contributed by atoms with Gasteiger partial charge >= 0.3 is 5.97 Å². The zero-order chi connectivity index (χ0) is 25.8. The highest BCUT2D eigenvalue weighted by molar-refractivity contribution is 7.86. The number of carboxylic acids is 1. The smallest absolute Gasteiger partial charge is 0.310 e. The van der Waals surface area contributed by atoms with Crippen LogP contribution in [-0.2, 0) is 22.0 Å². The molecule has 0 unspecified atom stereocenters. The van der Waals surface area contributed by atoms with Crippen molar-refractivity contribution in [2.45, 2.75) is 11.8 Å². The zero-order valence-electron chi connectivity index (χ0n) is 18.6. The molecule has 9 N–H and O–H groups in total. The molecular formula is C22H24N7O5S+. The van der Waals surface area contributed by atoms with Crippen LogP contribution >= 0.6 is 0 Å². The fourth-order valence-corrected chi connectivity index (χ4v) is 4.24. The Morgan fingerprint density at radius 3 is 2.46 bits per heavy atom. The molecule has 0 amide bonds. The maximum absolute atomic E-state index is 11.6. The van der Waals surface area contributed by atoms with Crippen molar-refractivity contribution >= 4 is 33.7 Å². The molecule has 1 aromatic carbocycles. The van der Waals surface area contributed by atoms with Crippen molar-refractivity contribution in [3.8, 4) is 23.0 Å². The number of aryl methyl sites for hydroxylation is 1. The van der Waals surface area contributed by atoms with Crippen LogP contribution in [0.4, 0.5) is 5.69 Å². The molecular weight excluding hydrogens is 474 g/mol. The molecule has 0 fully saturated rings. The number of rotatable bonds is 4. The molecule has 182 valence electrons. The normalized spacial score (nSPS) is 17.9. The minimum Gasteiger partial charge on any atom is -0.481 e. The van der Waals surface area contributed by atoms with Crippen LogP contribution in [-0.4, -0.2) is 41.3 Å². The second-order valence-corrected chi connectivity index (χ2v) is 9.20. The minimum absolute atomic E-state index is 0.150. The molecule has 0 saturated carbocycles. The van der Waals surface area contributed by atoms with Crippen LogP contribution in [0.3, 0.4) is 0 Å². The molecule has 1 aliphatic heterocycles. The number of allylic oxidation sites excluding steroid dienone is 1. The van der Waals surface area contributed by atoms with Crippen LogP contribution in [0.2, 0.25) is 0 Å². The summed E-state index contributed by atoms with van der Waals surface area (Å²) in [4.78, 5) is 19.4. The average molecular weight is 499 g/mol. The van der Waals surface area contributed by atoms with E-state index in [1.165, 1.54) is 6.20 Å². The lowest BCUT2D eigenvalue weighted by molar-refractivity contribution is -0.671. The van der Waals surface area contributed by atoms with Crippen molar-refractivity contribution in [2.24, 2.45) is 40.2 Å². The van der Waals surface area contributed by atoms with E-state index in [4.69, 9.17) is 17.2 Å². The number of carbonyl (C=O) groups is 1. The number of nitrogens with zero attached hydrogens (tertiary/aromatic N) is 3. The summed E-state index contributed by atoms with van der Waals surface area (Å²) >= 11 is 0. The van der Waals surface area contributed by atoms with E-state index >= 15 is 0 Å². The maximum Gasteiger partial charge on any atom is 0.310 e. The van der Waals surface area contributed by atoms with E-state index in [2.05, 4.69) is 27.1 Å². The first-order valence-corrected chi connectivity index (χ1v) is 11.6. The fourth-order valence-electron chi connectivity index (χ4n) is 3.37. The topological polar surface area (TPSA) is 210 Å². The van der Waals surface area contributed by atoms with Crippen molar-refractivity contribution in [2.75, 3.05) is 0 Å². The van der Waals surface area contributed by atoms with E-state index in [0.717, 1.165) is 11.1 Å². The van der Waals surface area contributed by atoms with Gasteiger partial charge in [-0.05, 0) is 29.7 Å². The van der Waals surface area contributed by atoms with Crippen LogP contribution < -0.4 is 27.1 Å². The summed E-state index contributed by atoms with van der Waals surface area (Å²) in [5.41, 5.74) is 19.3. The average Bonchev–Trinajstić information content (AvgIpc) is 2.77. The quantitative estimate of drug-likeness (QED) is 0.106. The number of aliphatic carboxylic acids is 1. The molecule has 35 heavy (non-hydrogen) atoms. The van der Waals surface area contributed by atoms with Gasteiger partial charge < -0.3 is 27.6 Å². The summed E-state index contributed by atoms with van der Waals surface area (Å²) in [6, 6.07) is 8.96. The Balaban J connectivity index is 2.05. The third-order valence-corrected chi connectivity index (χ3v) is 6.11. The molecule has 0 saturated heterocycles. The SMILES string of the molecule is C[n+]1ccc(-c2ccc(N=C(N)N=C(N)N)cc2C#CC2=CN[C@H](S(=O)(=O)O)[C@H](C(=O)O)C2)cc1. The van der Waals surface area contributed by atoms with E-state index in [-0.39, 0.29) is 18.3 Å². The lowest BCUT2D eigenvalue weighted by Crippen LogP contribution is -2.46. The Hall–Kier alpha value is -4.41. The molecule has 12 nitrogen and oxygen atoms in total. The van der Waals surface area contributed by atoms with Gasteiger partial charge in [-0.2, -0.15) is 13.4 Å². The molecule has 3 rings (SSSR count). The highest BCUT2D eigenvalue weighted by Crippen LogP contribution is 2.28. The Morgan fingerprint density at radius 1 is 1.17 bits per heavy atom. The number of guanidine groups is 2. The zero-order valence-corrected chi connectivity index (χ0v) is 19.4. The van der Waals surface area contributed by atoms with Crippen molar-refractivity contribution in [1.29, 1.82) is 0 Å². The largest absolute Gasteiger partial charge is 0.481 e. The number of hydrogen-bond acceptors (Lipinski definition) is 5. The van der Waals surface area contributed by atoms with Gasteiger partial charge in [0.15, 0.2) is 23.7 Å². The molecule has 0 bridgehead atoms. The standard InChI is InChI=1S/C22H23N7O5S/c1-29-8-6-14(7-9-29)17-5-4-16(27-22(25)28-21(23)24)11-15(17)3-2-13-10-18(20(30)31)19(26-12-13)35(32,33)34/h4-9,11-12,18-19H,10H2,1H3,(H8,23,24,25,26,27,28,30,31,32,33,34)/p+1/t18-,19-/m1/s1. The molecule has 0 aliphatic carbocycles. The molecule has 1 aromatic heterocycles. The Bertz CT molecular complexity index is 1400. The molecule has 2 heterocycles. The first-order chi connectivity index (χ1) is 16.4. The Morgan fingerprint density at radius 2 is 1.86 bits per heavy atom. The number of benzene rings is 1. The highest BCUT2D eigenvalue weighted by atomic mass is 32.2. The summed E-state index contributed by atoms with van der Waals surface area (Å²) in [6.07, 6.45) is 4.84. The second kappa shape index (κ2) is 10.2. The van der Waals surface area contributed by atoms with Crippen LogP contribution in [0.5, 0.6) is 0 Å². The van der Waals surface area contributed by atoms with Crippen LogP contribution in [0.1, 0.15) is 12.0 Å². The Kier molecular flexibility index (Phi) is 7.38. The summed E-state index contributed by atoms with van der Waals surface area (Å²) in [7, 11) is -2.74. The van der Waals surface area contributed by atoms with Gasteiger partial charge in [0.25, 0.3) is 10.1 Å². The number of carboxylic acid groups (broad SMARTS) is 1. The van der Waals surface area contributed by atoms with Gasteiger partial charge in [-0.25, -0.2) is 9.56 Å². The predicted octanol–water partition coefficient (Wildman–Crippen LogP) is -0.459. The third kappa shape index (κ3) is 6.56. The number of pyridine rings is 1. The fraction of sp³-hybridized carbons (Fsp3) is 0.182. The van der Waals surface area contributed by atoms with Crippen molar-refractivity contribution in [3.63, 3.8) is 0 Å². The van der Waals surface area contributed by atoms with E-state index in [0.29, 0.717) is 16.8 Å². The lowest BCUT2D eigenvalue weighted by Gasteiger charge is -2.25. The van der Waals surface area contributed by atoms with Gasteiger partial charge in [0.1, 0.15) is 7.05 Å². The summed E-state index contributed by atoms with van der Waals surface area (Å²) < 4.78 is 34.2. The number of aliphatic imine (C=N–C) groups is 2. The van der Waals surface area contributed by atoms with Crippen LogP contribution in [0, 0.1) is 17.8 Å². The molecule has 2 aromatic rings. The van der Waals surface area contributed by atoms with E-state index in [1.54, 1.807) is 18.2 Å². The number of aromatic nitrogens is 1. The third-order valence-electron chi connectivity index (χ3n) is 5.00. The van der Waals surface area contributed by atoms with Crippen LogP contribution in [0.15, 0.2) is 64.5 Å².